The van der Waals surface area contributed by atoms with Crippen LogP contribution in [0, 0.1) is 6.92 Å². The van der Waals surface area contributed by atoms with Crippen molar-refractivity contribution in [3.8, 4) is 5.75 Å². The Morgan fingerprint density at radius 3 is 3.08 bits per heavy atom. The number of benzene rings is 1. The number of rotatable bonds is 6. The summed E-state index contributed by atoms with van der Waals surface area (Å²) in [6.07, 6.45) is 4.91. The van der Waals surface area contributed by atoms with Gasteiger partial charge in [0.25, 0.3) is 5.91 Å². The van der Waals surface area contributed by atoms with Crippen LogP contribution in [0.3, 0.4) is 0 Å². The number of hydrogen-bond acceptors (Lipinski definition) is 4. The van der Waals surface area contributed by atoms with Gasteiger partial charge in [-0.3, -0.25) is 9.48 Å². The minimum absolute atomic E-state index is 0.124. The van der Waals surface area contributed by atoms with Crippen LogP contribution in [0.2, 0.25) is 0 Å². The number of amides is 1. The van der Waals surface area contributed by atoms with Crippen LogP contribution in [-0.2, 0) is 6.42 Å². The molecule has 0 bridgehead atoms. The summed E-state index contributed by atoms with van der Waals surface area (Å²) in [5, 5.41) is 10.8. The summed E-state index contributed by atoms with van der Waals surface area (Å²) < 4.78 is 7.25. The van der Waals surface area contributed by atoms with Gasteiger partial charge in [-0.25, -0.2) is 0 Å². The molecule has 1 amide bonds. The minimum Gasteiger partial charge on any atom is -0.496 e. The molecule has 0 saturated carbocycles. The maximum absolute atomic E-state index is 12.3. The first-order valence-electron chi connectivity index (χ1n) is 8.85. The fourth-order valence-electron chi connectivity index (χ4n) is 3.15. The number of nitrogens with one attached hydrogen (secondary N) is 2. The van der Waals surface area contributed by atoms with E-state index in [9.17, 15) is 4.79 Å². The van der Waals surface area contributed by atoms with E-state index >= 15 is 0 Å². The van der Waals surface area contributed by atoms with Crippen molar-refractivity contribution in [3.63, 3.8) is 0 Å². The van der Waals surface area contributed by atoms with Crippen molar-refractivity contribution >= 4 is 5.91 Å². The van der Waals surface area contributed by atoms with E-state index in [1.54, 1.807) is 13.2 Å². The zero-order valence-electron chi connectivity index (χ0n) is 14.9. The van der Waals surface area contributed by atoms with Crippen LogP contribution in [0.25, 0.3) is 0 Å². The number of piperidine rings is 1. The third kappa shape index (κ3) is 4.39. The number of carbonyl (C=O) groups excluding carboxylic acids is 1. The summed E-state index contributed by atoms with van der Waals surface area (Å²) >= 11 is 0. The zero-order valence-corrected chi connectivity index (χ0v) is 14.9. The first kappa shape index (κ1) is 17.5. The van der Waals surface area contributed by atoms with E-state index in [2.05, 4.69) is 21.8 Å². The highest BCUT2D eigenvalue weighted by atomic mass is 16.5. The first-order valence-corrected chi connectivity index (χ1v) is 8.85. The molecule has 2 heterocycles. The molecule has 2 N–H and O–H groups in total. The SMILES string of the molecule is COc1cc(CCNC(=O)c2ccn(C3CCCNC3)n2)ccc1C. The Balaban J connectivity index is 1.52. The molecular formula is C19H26N4O2. The minimum atomic E-state index is -0.124. The highest BCUT2D eigenvalue weighted by Crippen LogP contribution is 2.19. The molecule has 1 fully saturated rings. The van der Waals surface area contributed by atoms with E-state index in [4.69, 9.17) is 4.74 Å². The van der Waals surface area contributed by atoms with Gasteiger partial charge in [-0.05, 0) is 56.0 Å². The molecular weight excluding hydrogens is 316 g/mol. The molecule has 0 aliphatic carbocycles. The molecule has 2 aromatic rings. The molecule has 0 radical (unpaired) electrons. The van der Waals surface area contributed by atoms with E-state index in [-0.39, 0.29) is 5.91 Å². The van der Waals surface area contributed by atoms with Crippen molar-refractivity contribution < 1.29 is 9.53 Å². The molecule has 0 spiro atoms. The lowest BCUT2D eigenvalue weighted by Gasteiger charge is -2.22. The maximum Gasteiger partial charge on any atom is 0.271 e. The number of aromatic nitrogens is 2. The number of methoxy groups -OCH3 is 1. The van der Waals surface area contributed by atoms with Crippen LogP contribution in [-0.4, -0.2) is 42.4 Å². The predicted octanol–water partition coefficient (Wildman–Crippen LogP) is 2.10. The smallest absolute Gasteiger partial charge is 0.271 e. The first-order chi connectivity index (χ1) is 12.2. The third-order valence-electron chi connectivity index (χ3n) is 4.66. The lowest BCUT2D eigenvalue weighted by molar-refractivity contribution is 0.0948. The van der Waals surface area contributed by atoms with Gasteiger partial charge in [-0.2, -0.15) is 5.10 Å². The largest absolute Gasteiger partial charge is 0.496 e. The molecule has 134 valence electrons. The Hall–Kier alpha value is -2.34. The van der Waals surface area contributed by atoms with Gasteiger partial charge in [0.05, 0.1) is 13.2 Å². The highest BCUT2D eigenvalue weighted by Gasteiger charge is 2.17. The predicted molar refractivity (Wildman–Crippen MR) is 97.1 cm³/mol. The standard InChI is InChI=1S/C19H26N4O2/c1-14-5-6-15(12-18(14)25-2)7-10-21-19(24)17-8-11-23(22-17)16-4-3-9-20-13-16/h5-6,8,11-12,16,20H,3-4,7,9-10,13H2,1-2H3,(H,21,24). The number of ether oxygens (including phenoxy) is 1. The molecule has 1 saturated heterocycles. The summed E-state index contributed by atoms with van der Waals surface area (Å²) in [6.45, 7) is 4.57. The van der Waals surface area contributed by atoms with Crippen molar-refractivity contribution in [2.45, 2.75) is 32.2 Å². The molecule has 1 atom stereocenters. The normalized spacial score (nSPS) is 17.3. The Morgan fingerprint density at radius 2 is 2.32 bits per heavy atom. The maximum atomic E-state index is 12.3. The average molecular weight is 342 g/mol. The lowest BCUT2D eigenvalue weighted by atomic mass is 10.1. The van der Waals surface area contributed by atoms with Crippen molar-refractivity contribution in [3.05, 3.63) is 47.3 Å². The van der Waals surface area contributed by atoms with Crippen LogP contribution < -0.4 is 15.4 Å². The molecule has 1 aliphatic heterocycles. The second-order valence-electron chi connectivity index (χ2n) is 6.49. The fraction of sp³-hybridized carbons (Fsp3) is 0.474. The van der Waals surface area contributed by atoms with Gasteiger partial charge < -0.3 is 15.4 Å². The van der Waals surface area contributed by atoms with E-state index in [1.165, 1.54) is 0 Å². The Bertz CT molecular complexity index is 720. The van der Waals surface area contributed by atoms with Crippen LogP contribution >= 0.6 is 0 Å². The number of carbonyl (C=O) groups is 1. The quantitative estimate of drug-likeness (QED) is 0.844. The number of nitrogens with zero attached hydrogens (tertiary/aromatic N) is 2. The summed E-state index contributed by atoms with van der Waals surface area (Å²) in [5.74, 6) is 0.755. The fourth-order valence-corrected chi connectivity index (χ4v) is 3.15. The molecule has 6 nitrogen and oxygen atoms in total. The van der Waals surface area contributed by atoms with Crippen molar-refractivity contribution in [1.29, 1.82) is 0 Å². The van der Waals surface area contributed by atoms with Crippen LogP contribution in [0.4, 0.5) is 0 Å². The zero-order chi connectivity index (χ0) is 17.6. The Labute approximate surface area is 148 Å². The van der Waals surface area contributed by atoms with Gasteiger partial charge in [0.1, 0.15) is 11.4 Å². The molecule has 1 aromatic heterocycles. The van der Waals surface area contributed by atoms with Crippen molar-refractivity contribution in [2.75, 3.05) is 26.7 Å². The summed E-state index contributed by atoms with van der Waals surface area (Å²) in [7, 11) is 1.67. The lowest BCUT2D eigenvalue weighted by Crippen LogP contribution is -2.32. The average Bonchev–Trinajstić information content (AvgIpc) is 3.14. The molecule has 3 rings (SSSR count). The molecule has 6 heteroatoms. The Morgan fingerprint density at radius 1 is 1.44 bits per heavy atom. The third-order valence-corrected chi connectivity index (χ3v) is 4.66. The second kappa shape index (κ2) is 8.16. The van der Waals surface area contributed by atoms with Gasteiger partial charge >= 0.3 is 0 Å². The summed E-state index contributed by atoms with van der Waals surface area (Å²) in [5.41, 5.74) is 2.73. The monoisotopic (exact) mass is 342 g/mol. The summed E-state index contributed by atoms with van der Waals surface area (Å²) in [6, 6.07) is 8.26. The molecule has 1 aliphatic rings. The highest BCUT2D eigenvalue weighted by molar-refractivity contribution is 5.92. The van der Waals surface area contributed by atoms with Gasteiger partial charge in [0.2, 0.25) is 0 Å². The van der Waals surface area contributed by atoms with Crippen molar-refractivity contribution in [2.24, 2.45) is 0 Å². The van der Waals surface area contributed by atoms with E-state index in [0.29, 0.717) is 18.3 Å². The summed E-state index contributed by atoms with van der Waals surface area (Å²) in [4.78, 5) is 12.3. The molecule has 1 aromatic carbocycles. The Kier molecular flexibility index (Phi) is 5.71. The van der Waals surface area contributed by atoms with Gasteiger partial charge in [0.15, 0.2) is 0 Å². The number of hydrogen-bond donors (Lipinski definition) is 2. The number of aryl methyl sites for hydroxylation is 1. The van der Waals surface area contributed by atoms with Crippen LogP contribution in [0.1, 0.15) is 40.5 Å². The second-order valence-corrected chi connectivity index (χ2v) is 6.49. The van der Waals surface area contributed by atoms with Gasteiger partial charge in [-0.15, -0.1) is 0 Å². The molecule has 1 unspecified atom stereocenters. The van der Waals surface area contributed by atoms with E-state index in [0.717, 1.165) is 49.2 Å². The van der Waals surface area contributed by atoms with Gasteiger partial charge in [0, 0.05) is 19.3 Å². The van der Waals surface area contributed by atoms with Crippen molar-refractivity contribution in [1.82, 2.24) is 20.4 Å². The topological polar surface area (TPSA) is 68.2 Å². The van der Waals surface area contributed by atoms with Crippen LogP contribution in [0.5, 0.6) is 5.75 Å². The van der Waals surface area contributed by atoms with Gasteiger partial charge in [-0.1, -0.05) is 12.1 Å². The van der Waals surface area contributed by atoms with E-state index in [1.807, 2.05) is 29.9 Å². The van der Waals surface area contributed by atoms with Crippen LogP contribution in [0.15, 0.2) is 30.5 Å². The molecule has 25 heavy (non-hydrogen) atoms. The van der Waals surface area contributed by atoms with E-state index < -0.39 is 0 Å².